The summed E-state index contributed by atoms with van der Waals surface area (Å²) < 4.78 is 0. The lowest BCUT2D eigenvalue weighted by molar-refractivity contribution is -0.143. The van der Waals surface area contributed by atoms with E-state index in [2.05, 4.69) is 20.8 Å². The van der Waals surface area contributed by atoms with Crippen LogP contribution in [0, 0.1) is 10.8 Å². The van der Waals surface area contributed by atoms with Crippen molar-refractivity contribution < 1.29 is 20.1 Å². The first-order chi connectivity index (χ1) is 11.1. The van der Waals surface area contributed by atoms with Crippen LogP contribution >= 0.6 is 0 Å². The second kappa shape index (κ2) is 7.04. The number of aromatic hydroxyl groups is 2. The van der Waals surface area contributed by atoms with Crippen molar-refractivity contribution >= 4 is 5.97 Å². The molecule has 0 radical (unpaired) electrons. The third-order valence-corrected chi connectivity index (χ3v) is 5.12. The molecule has 4 heteroatoms. The van der Waals surface area contributed by atoms with Crippen LogP contribution in [0.2, 0.25) is 0 Å². The highest BCUT2D eigenvalue weighted by molar-refractivity contribution is 5.77. The van der Waals surface area contributed by atoms with Gasteiger partial charge in [-0.25, -0.2) is 0 Å². The molecule has 1 saturated carbocycles. The topological polar surface area (TPSA) is 77.8 Å². The molecule has 1 aliphatic rings. The van der Waals surface area contributed by atoms with Crippen LogP contribution in [0.4, 0.5) is 0 Å². The third kappa shape index (κ3) is 4.65. The van der Waals surface area contributed by atoms with E-state index in [-0.39, 0.29) is 16.9 Å². The largest absolute Gasteiger partial charge is 0.508 e. The molecule has 1 aromatic carbocycles. The summed E-state index contributed by atoms with van der Waals surface area (Å²) in [6.07, 6.45) is 6.21. The highest BCUT2D eigenvalue weighted by atomic mass is 16.4. The second-order valence-corrected chi connectivity index (χ2v) is 8.41. The minimum absolute atomic E-state index is 0.207. The number of hydrogen-bond donors (Lipinski definition) is 3. The van der Waals surface area contributed by atoms with Crippen molar-refractivity contribution in [1.29, 1.82) is 0 Å². The molecule has 0 bridgehead atoms. The molecule has 1 aromatic rings. The minimum Gasteiger partial charge on any atom is -0.508 e. The van der Waals surface area contributed by atoms with Crippen molar-refractivity contribution in [2.45, 2.75) is 72.1 Å². The zero-order valence-electron chi connectivity index (χ0n) is 15.1. The summed E-state index contributed by atoms with van der Waals surface area (Å²) >= 11 is 0. The predicted molar refractivity (Wildman–Crippen MR) is 94.4 cm³/mol. The smallest absolute Gasteiger partial charge is 0.309 e. The van der Waals surface area contributed by atoms with Crippen molar-refractivity contribution in [2.24, 2.45) is 10.8 Å². The number of carbonyl (C=O) groups is 1. The van der Waals surface area contributed by atoms with Crippen LogP contribution in [0.25, 0.3) is 0 Å². The lowest BCUT2D eigenvalue weighted by Gasteiger charge is -2.19. The third-order valence-electron chi connectivity index (χ3n) is 5.12. The molecule has 0 aromatic heterocycles. The van der Waals surface area contributed by atoms with E-state index in [0.717, 1.165) is 49.7 Å². The normalized spacial score (nSPS) is 16.1. The van der Waals surface area contributed by atoms with Gasteiger partial charge in [0.1, 0.15) is 11.5 Å². The Morgan fingerprint density at radius 1 is 1.04 bits per heavy atom. The van der Waals surface area contributed by atoms with Crippen LogP contribution in [0.15, 0.2) is 12.1 Å². The first kappa shape index (κ1) is 18.6. The predicted octanol–water partition coefficient (Wildman–Crippen LogP) is 4.65. The van der Waals surface area contributed by atoms with Gasteiger partial charge in [-0.05, 0) is 68.9 Å². The van der Waals surface area contributed by atoms with Crippen LogP contribution in [0.3, 0.4) is 0 Å². The van der Waals surface area contributed by atoms with E-state index >= 15 is 0 Å². The number of rotatable bonds is 8. The van der Waals surface area contributed by atoms with Crippen LogP contribution in [-0.2, 0) is 17.6 Å². The molecular weight excluding hydrogens is 304 g/mol. The van der Waals surface area contributed by atoms with Crippen molar-refractivity contribution in [3.63, 3.8) is 0 Å². The monoisotopic (exact) mass is 334 g/mol. The van der Waals surface area contributed by atoms with E-state index in [9.17, 15) is 20.1 Å². The Bertz CT molecular complexity index is 594. The highest BCUT2D eigenvalue weighted by Gasteiger charge is 2.49. The molecule has 2 rings (SSSR count). The summed E-state index contributed by atoms with van der Waals surface area (Å²) in [5, 5.41) is 29.7. The Morgan fingerprint density at radius 3 is 1.96 bits per heavy atom. The molecule has 0 aliphatic heterocycles. The maximum atomic E-state index is 11.3. The van der Waals surface area contributed by atoms with Gasteiger partial charge >= 0.3 is 5.97 Å². The number of benzene rings is 1. The molecule has 0 heterocycles. The standard InChI is InChI=1S/C20H30O4/c1-19(2,3)10-4-6-14-15(17(22)9-8-16(14)21)7-5-11-20(12-13-20)18(23)24/h8-9,21-22H,4-7,10-13H2,1-3H3,(H,23,24). The van der Waals surface area contributed by atoms with Gasteiger partial charge < -0.3 is 15.3 Å². The van der Waals surface area contributed by atoms with Crippen LogP contribution < -0.4 is 0 Å². The average Bonchev–Trinajstić information content (AvgIpc) is 3.25. The van der Waals surface area contributed by atoms with Gasteiger partial charge in [-0.1, -0.05) is 20.8 Å². The Kier molecular flexibility index (Phi) is 5.46. The van der Waals surface area contributed by atoms with E-state index < -0.39 is 11.4 Å². The Labute approximate surface area is 144 Å². The van der Waals surface area contributed by atoms with E-state index in [1.54, 1.807) is 6.07 Å². The lowest BCUT2D eigenvalue weighted by Crippen LogP contribution is -2.14. The quantitative estimate of drug-likeness (QED) is 0.605. The van der Waals surface area contributed by atoms with Gasteiger partial charge in [-0.2, -0.15) is 0 Å². The fourth-order valence-electron chi connectivity index (χ4n) is 3.35. The maximum absolute atomic E-state index is 11.3. The van der Waals surface area contributed by atoms with Crippen molar-refractivity contribution in [3.05, 3.63) is 23.3 Å². The number of carboxylic acid groups (broad SMARTS) is 1. The van der Waals surface area contributed by atoms with Gasteiger partial charge in [0.25, 0.3) is 0 Å². The van der Waals surface area contributed by atoms with Gasteiger partial charge in [0.2, 0.25) is 0 Å². The molecule has 24 heavy (non-hydrogen) atoms. The molecule has 134 valence electrons. The molecular formula is C20H30O4. The number of hydrogen-bond acceptors (Lipinski definition) is 3. The van der Waals surface area contributed by atoms with Crippen LogP contribution in [-0.4, -0.2) is 21.3 Å². The molecule has 0 atom stereocenters. The molecule has 0 unspecified atom stereocenters. The number of phenols is 2. The van der Waals surface area contributed by atoms with Gasteiger partial charge in [0.05, 0.1) is 5.41 Å². The van der Waals surface area contributed by atoms with Crippen LogP contribution in [0.1, 0.15) is 70.4 Å². The highest BCUT2D eigenvalue weighted by Crippen LogP contribution is 2.50. The molecule has 4 nitrogen and oxygen atoms in total. The minimum atomic E-state index is -0.701. The Balaban J connectivity index is 2.02. The summed E-state index contributed by atoms with van der Waals surface area (Å²) in [4.78, 5) is 11.3. The number of aliphatic carboxylic acids is 1. The number of phenolic OH excluding ortho intramolecular Hbond substituents is 2. The molecule has 0 amide bonds. The van der Waals surface area contributed by atoms with Gasteiger partial charge in [-0.15, -0.1) is 0 Å². The molecule has 3 N–H and O–H groups in total. The zero-order valence-corrected chi connectivity index (χ0v) is 15.1. The summed E-state index contributed by atoms with van der Waals surface area (Å²) in [6.45, 7) is 6.58. The Morgan fingerprint density at radius 2 is 1.54 bits per heavy atom. The van der Waals surface area contributed by atoms with Crippen molar-refractivity contribution in [1.82, 2.24) is 0 Å². The summed E-state index contributed by atoms with van der Waals surface area (Å²) in [5.74, 6) is -0.261. The van der Waals surface area contributed by atoms with Crippen molar-refractivity contribution in [3.8, 4) is 11.5 Å². The summed E-state index contributed by atoms with van der Waals surface area (Å²) in [5.41, 5.74) is 1.31. The number of carboxylic acids is 1. The van der Waals surface area contributed by atoms with Crippen LogP contribution in [0.5, 0.6) is 11.5 Å². The second-order valence-electron chi connectivity index (χ2n) is 8.41. The first-order valence-electron chi connectivity index (χ1n) is 8.91. The first-order valence-corrected chi connectivity index (χ1v) is 8.91. The fraction of sp³-hybridized carbons (Fsp3) is 0.650. The fourth-order valence-corrected chi connectivity index (χ4v) is 3.35. The maximum Gasteiger partial charge on any atom is 0.309 e. The molecule has 0 saturated heterocycles. The van der Waals surface area contributed by atoms with Gasteiger partial charge in [0, 0.05) is 11.1 Å². The molecule has 0 spiro atoms. The zero-order chi connectivity index (χ0) is 18.0. The van der Waals surface area contributed by atoms with Gasteiger partial charge in [0.15, 0.2) is 0 Å². The van der Waals surface area contributed by atoms with E-state index in [1.807, 2.05) is 0 Å². The van der Waals surface area contributed by atoms with Crippen molar-refractivity contribution in [2.75, 3.05) is 0 Å². The van der Waals surface area contributed by atoms with E-state index in [0.29, 0.717) is 12.8 Å². The van der Waals surface area contributed by atoms with E-state index in [4.69, 9.17) is 0 Å². The summed E-state index contributed by atoms with van der Waals surface area (Å²) in [7, 11) is 0. The molecule has 1 aliphatic carbocycles. The molecule has 1 fully saturated rings. The Hall–Kier alpha value is -1.71. The average molecular weight is 334 g/mol. The van der Waals surface area contributed by atoms with E-state index in [1.165, 1.54) is 6.07 Å². The lowest BCUT2D eigenvalue weighted by atomic mass is 9.87. The SMILES string of the molecule is CC(C)(C)CCCc1c(O)ccc(O)c1CCCC1(C(=O)O)CC1. The van der Waals surface area contributed by atoms with Gasteiger partial charge in [-0.3, -0.25) is 4.79 Å². The summed E-state index contributed by atoms with van der Waals surface area (Å²) in [6, 6.07) is 3.08.